The number of para-hydroxylation sites is 1. The van der Waals surface area contributed by atoms with Crippen molar-refractivity contribution in [3.8, 4) is 0 Å². The number of nitrogens with zero attached hydrogens (tertiary/aromatic N) is 4. The van der Waals surface area contributed by atoms with Crippen molar-refractivity contribution in [2.75, 3.05) is 4.90 Å². The Bertz CT molecular complexity index is 1300. The Morgan fingerprint density at radius 1 is 0.933 bits per heavy atom. The Kier molecular flexibility index (Phi) is 4.77. The second-order valence-electron chi connectivity index (χ2n) is 7.07. The molecule has 0 aliphatic carbocycles. The van der Waals surface area contributed by atoms with Gasteiger partial charge in [-0.25, -0.2) is 9.97 Å². The van der Waals surface area contributed by atoms with Crippen molar-refractivity contribution in [2.45, 2.75) is 20.4 Å². The summed E-state index contributed by atoms with van der Waals surface area (Å²) < 4.78 is 2.10. The summed E-state index contributed by atoms with van der Waals surface area (Å²) in [6.07, 6.45) is 1.74. The van der Waals surface area contributed by atoms with Gasteiger partial charge in [0.1, 0.15) is 0 Å². The number of hydrogen-bond acceptors (Lipinski definition) is 6. The molecular formula is C23H18N4OS2. The van der Waals surface area contributed by atoms with Crippen molar-refractivity contribution in [2.24, 2.45) is 0 Å². The zero-order valence-corrected chi connectivity index (χ0v) is 18.1. The average Bonchev–Trinajstić information content (AvgIpc) is 3.40. The van der Waals surface area contributed by atoms with Crippen molar-refractivity contribution >= 4 is 54.1 Å². The molecule has 0 aliphatic rings. The van der Waals surface area contributed by atoms with Crippen molar-refractivity contribution in [3.05, 3.63) is 82.6 Å². The summed E-state index contributed by atoms with van der Waals surface area (Å²) in [6, 6.07) is 17.7. The molecule has 0 atom stereocenters. The normalized spacial score (nSPS) is 11.3. The largest absolute Gasteiger partial charge is 0.289 e. The van der Waals surface area contributed by atoms with Crippen molar-refractivity contribution in [1.82, 2.24) is 15.0 Å². The molecular weight excluding hydrogens is 412 g/mol. The van der Waals surface area contributed by atoms with E-state index in [1.807, 2.05) is 49.4 Å². The molecule has 0 bridgehead atoms. The second-order valence-corrected chi connectivity index (χ2v) is 9.08. The molecule has 3 heterocycles. The van der Waals surface area contributed by atoms with Gasteiger partial charge in [0, 0.05) is 6.20 Å². The highest BCUT2D eigenvalue weighted by Crippen LogP contribution is 2.35. The van der Waals surface area contributed by atoms with Gasteiger partial charge in [-0.2, -0.15) is 0 Å². The smallest absolute Gasteiger partial charge is 0.276 e. The van der Waals surface area contributed by atoms with Crippen LogP contribution in [0.25, 0.3) is 20.4 Å². The van der Waals surface area contributed by atoms with E-state index in [0.717, 1.165) is 37.3 Å². The monoisotopic (exact) mass is 430 g/mol. The first-order valence-electron chi connectivity index (χ1n) is 9.54. The first-order chi connectivity index (χ1) is 14.6. The zero-order valence-electron chi connectivity index (χ0n) is 16.5. The van der Waals surface area contributed by atoms with E-state index in [0.29, 0.717) is 16.7 Å². The molecule has 148 valence electrons. The molecule has 3 aromatic heterocycles. The van der Waals surface area contributed by atoms with Crippen LogP contribution in [0.5, 0.6) is 0 Å². The molecule has 7 heteroatoms. The van der Waals surface area contributed by atoms with E-state index < -0.39 is 0 Å². The van der Waals surface area contributed by atoms with E-state index in [9.17, 15) is 4.79 Å². The van der Waals surface area contributed by atoms with Crippen LogP contribution >= 0.6 is 22.7 Å². The third-order valence-electron chi connectivity index (χ3n) is 4.93. The van der Waals surface area contributed by atoms with Gasteiger partial charge in [-0.1, -0.05) is 41.7 Å². The maximum Gasteiger partial charge on any atom is 0.289 e. The number of amides is 1. The summed E-state index contributed by atoms with van der Waals surface area (Å²) in [4.78, 5) is 29.1. The number of carbonyl (C=O) groups is 1. The number of fused-ring (bicyclic) bond motifs is 2. The number of pyridine rings is 1. The lowest BCUT2D eigenvalue weighted by Gasteiger charge is -2.18. The number of thiazole rings is 2. The fraction of sp³-hybridized carbons (Fsp3) is 0.130. The van der Waals surface area contributed by atoms with Gasteiger partial charge < -0.3 is 0 Å². The minimum Gasteiger partial charge on any atom is -0.276 e. The van der Waals surface area contributed by atoms with Crippen LogP contribution in [0.4, 0.5) is 5.13 Å². The van der Waals surface area contributed by atoms with Crippen LogP contribution in [-0.2, 0) is 6.54 Å². The molecule has 0 N–H and O–H groups in total. The summed E-state index contributed by atoms with van der Waals surface area (Å²) in [7, 11) is 0. The maximum atomic E-state index is 13.6. The summed E-state index contributed by atoms with van der Waals surface area (Å²) in [5.74, 6) is -0.156. The van der Waals surface area contributed by atoms with Gasteiger partial charge in [-0.3, -0.25) is 14.7 Å². The Balaban J connectivity index is 1.62. The van der Waals surface area contributed by atoms with E-state index in [2.05, 4.69) is 29.0 Å². The fourth-order valence-corrected chi connectivity index (χ4v) is 5.35. The van der Waals surface area contributed by atoms with Gasteiger partial charge >= 0.3 is 0 Å². The topological polar surface area (TPSA) is 59.0 Å². The van der Waals surface area contributed by atoms with Crippen molar-refractivity contribution in [1.29, 1.82) is 0 Å². The van der Waals surface area contributed by atoms with E-state index in [1.165, 1.54) is 22.7 Å². The van der Waals surface area contributed by atoms with Gasteiger partial charge in [-0.15, -0.1) is 11.3 Å². The summed E-state index contributed by atoms with van der Waals surface area (Å²) >= 11 is 2.94. The van der Waals surface area contributed by atoms with Gasteiger partial charge in [0.05, 0.1) is 32.7 Å². The molecule has 5 aromatic rings. The quantitative estimate of drug-likeness (QED) is 0.363. The van der Waals surface area contributed by atoms with Gasteiger partial charge in [0.15, 0.2) is 10.1 Å². The van der Waals surface area contributed by atoms with Crippen molar-refractivity contribution < 1.29 is 4.79 Å². The van der Waals surface area contributed by atoms with Crippen LogP contribution in [0.1, 0.15) is 26.6 Å². The second kappa shape index (κ2) is 7.59. The number of aromatic nitrogens is 3. The molecule has 0 aliphatic heterocycles. The minimum atomic E-state index is -0.156. The number of aryl methyl sites for hydroxylation is 2. The first-order valence-corrected chi connectivity index (χ1v) is 11.2. The molecule has 0 saturated heterocycles. The molecule has 5 rings (SSSR count). The Hall–Kier alpha value is -3.16. The standard InChI is InChI=1S/C23H18N4OS2/c1-14-10-11-15(2)20-19(14)26-23(30-20)27(13-16-7-5-6-12-24-16)22(28)21-25-17-8-3-4-9-18(17)29-21/h3-12H,13H2,1-2H3. The number of carbonyl (C=O) groups excluding carboxylic acids is 1. The number of hydrogen-bond donors (Lipinski definition) is 0. The lowest BCUT2D eigenvalue weighted by Crippen LogP contribution is -2.30. The third-order valence-corrected chi connectivity index (χ3v) is 7.17. The van der Waals surface area contributed by atoms with E-state index in [4.69, 9.17) is 4.98 Å². The van der Waals surface area contributed by atoms with Gasteiger partial charge in [0.25, 0.3) is 5.91 Å². The van der Waals surface area contributed by atoms with Crippen LogP contribution in [0.3, 0.4) is 0 Å². The van der Waals surface area contributed by atoms with Crippen LogP contribution in [0.15, 0.2) is 60.8 Å². The zero-order chi connectivity index (χ0) is 20.7. The Labute approximate surface area is 181 Å². The van der Waals surface area contributed by atoms with Gasteiger partial charge in [-0.05, 0) is 49.2 Å². The molecule has 0 spiro atoms. The first kappa shape index (κ1) is 18.8. The molecule has 1 amide bonds. The van der Waals surface area contributed by atoms with Crippen LogP contribution < -0.4 is 4.90 Å². The lowest BCUT2D eigenvalue weighted by molar-refractivity contribution is 0.0984. The summed E-state index contributed by atoms with van der Waals surface area (Å²) in [5, 5.41) is 1.12. The van der Waals surface area contributed by atoms with E-state index in [1.54, 1.807) is 11.1 Å². The molecule has 5 nitrogen and oxygen atoms in total. The van der Waals surface area contributed by atoms with Crippen LogP contribution in [0, 0.1) is 13.8 Å². The molecule has 2 aromatic carbocycles. The molecule has 0 unspecified atom stereocenters. The van der Waals surface area contributed by atoms with E-state index >= 15 is 0 Å². The highest BCUT2D eigenvalue weighted by molar-refractivity contribution is 7.23. The van der Waals surface area contributed by atoms with Crippen molar-refractivity contribution in [3.63, 3.8) is 0 Å². The number of anilines is 1. The highest BCUT2D eigenvalue weighted by Gasteiger charge is 2.25. The molecule has 0 radical (unpaired) electrons. The number of rotatable bonds is 4. The molecule has 0 saturated carbocycles. The predicted molar refractivity (Wildman–Crippen MR) is 123 cm³/mol. The van der Waals surface area contributed by atoms with Crippen LogP contribution in [0.2, 0.25) is 0 Å². The third kappa shape index (κ3) is 3.36. The Morgan fingerprint density at radius 2 is 1.73 bits per heavy atom. The SMILES string of the molecule is Cc1ccc(C)c2sc(N(Cc3ccccn3)C(=O)c3nc4ccccc4s3)nc12. The predicted octanol–water partition coefficient (Wildman–Crippen LogP) is 5.76. The summed E-state index contributed by atoms with van der Waals surface area (Å²) in [5.41, 5.74) is 4.84. The molecule has 30 heavy (non-hydrogen) atoms. The Morgan fingerprint density at radius 3 is 2.50 bits per heavy atom. The van der Waals surface area contributed by atoms with Gasteiger partial charge in [0.2, 0.25) is 0 Å². The minimum absolute atomic E-state index is 0.156. The summed E-state index contributed by atoms with van der Waals surface area (Å²) in [6.45, 7) is 4.46. The fourth-order valence-electron chi connectivity index (χ4n) is 3.32. The lowest BCUT2D eigenvalue weighted by atomic mass is 10.1. The average molecular weight is 431 g/mol. The number of benzene rings is 2. The molecule has 0 fully saturated rings. The highest BCUT2D eigenvalue weighted by atomic mass is 32.1. The maximum absolute atomic E-state index is 13.6. The van der Waals surface area contributed by atoms with Crippen LogP contribution in [-0.4, -0.2) is 20.9 Å². The van der Waals surface area contributed by atoms with E-state index in [-0.39, 0.29) is 5.91 Å².